The topological polar surface area (TPSA) is 80.2 Å². The number of rotatable bonds is 2. The molecular formula is C16H16FN3O3. The summed E-state index contributed by atoms with van der Waals surface area (Å²) in [7, 11) is 1.53. The first-order valence-electron chi connectivity index (χ1n) is 6.83. The van der Waals surface area contributed by atoms with Crippen molar-refractivity contribution in [3.63, 3.8) is 0 Å². The second-order valence-corrected chi connectivity index (χ2v) is 5.24. The van der Waals surface area contributed by atoms with Gasteiger partial charge < -0.3 is 15.2 Å². The Morgan fingerprint density at radius 2 is 1.70 bits per heavy atom. The van der Waals surface area contributed by atoms with Gasteiger partial charge >= 0.3 is 11.8 Å². The number of carbonyl (C=O) groups is 2. The van der Waals surface area contributed by atoms with Crippen molar-refractivity contribution in [1.29, 1.82) is 0 Å². The average molecular weight is 317 g/mol. The van der Waals surface area contributed by atoms with E-state index < -0.39 is 17.6 Å². The SMILES string of the molecule is Cc1cc(F)cc(NC(=O)C(=O)Nc2cn(C)c(=O)cc2C)c1. The second kappa shape index (κ2) is 6.43. The minimum atomic E-state index is -0.928. The van der Waals surface area contributed by atoms with Crippen LogP contribution in [0.25, 0.3) is 0 Å². The van der Waals surface area contributed by atoms with Gasteiger partial charge in [-0.25, -0.2) is 4.39 Å². The summed E-state index contributed by atoms with van der Waals surface area (Å²) >= 11 is 0. The predicted octanol–water partition coefficient (Wildman–Crippen LogP) is 1.72. The molecule has 7 heteroatoms. The van der Waals surface area contributed by atoms with E-state index in [2.05, 4.69) is 10.6 Å². The number of amides is 2. The van der Waals surface area contributed by atoms with Gasteiger partial charge in [0.2, 0.25) is 0 Å². The number of hydrogen-bond acceptors (Lipinski definition) is 3. The van der Waals surface area contributed by atoms with Crippen LogP contribution in [-0.4, -0.2) is 16.4 Å². The van der Waals surface area contributed by atoms with Gasteiger partial charge in [-0.1, -0.05) is 0 Å². The van der Waals surface area contributed by atoms with Gasteiger partial charge in [-0.3, -0.25) is 14.4 Å². The summed E-state index contributed by atoms with van der Waals surface area (Å²) in [6, 6.07) is 5.33. The fraction of sp³-hybridized carbons (Fsp3) is 0.188. The van der Waals surface area contributed by atoms with Crippen molar-refractivity contribution in [2.75, 3.05) is 10.6 Å². The van der Waals surface area contributed by atoms with Crippen LogP contribution in [0.15, 0.2) is 35.3 Å². The average Bonchev–Trinajstić information content (AvgIpc) is 2.43. The Balaban J connectivity index is 2.13. The molecule has 0 fully saturated rings. The van der Waals surface area contributed by atoms with Crippen molar-refractivity contribution < 1.29 is 14.0 Å². The highest BCUT2D eigenvalue weighted by atomic mass is 19.1. The summed E-state index contributed by atoms with van der Waals surface area (Å²) < 4.78 is 14.6. The molecule has 0 spiro atoms. The lowest BCUT2D eigenvalue weighted by atomic mass is 10.2. The molecule has 1 aromatic carbocycles. The Hall–Kier alpha value is -2.96. The van der Waals surface area contributed by atoms with Crippen LogP contribution >= 0.6 is 0 Å². The molecule has 6 nitrogen and oxygen atoms in total. The molecule has 0 bridgehead atoms. The van der Waals surface area contributed by atoms with Crippen LogP contribution in [0, 0.1) is 19.7 Å². The Kier molecular flexibility index (Phi) is 4.59. The smallest absolute Gasteiger partial charge is 0.314 e. The molecule has 0 saturated carbocycles. The Morgan fingerprint density at radius 1 is 1.04 bits per heavy atom. The molecule has 0 aliphatic rings. The molecule has 1 aromatic heterocycles. The standard InChI is InChI=1S/C16H16FN3O3/c1-9-4-11(17)7-12(5-9)18-15(22)16(23)19-13-8-20(3)14(21)6-10(13)2/h4-8H,1-3H3,(H,18,22)(H,19,23). The van der Waals surface area contributed by atoms with Gasteiger partial charge in [-0.05, 0) is 43.2 Å². The third-order valence-corrected chi connectivity index (χ3v) is 3.19. The molecule has 0 saturated heterocycles. The number of aromatic nitrogens is 1. The van der Waals surface area contributed by atoms with Crippen LogP contribution in [0.3, 0.4) is 0 Å². The maximum absolute atomic E-state index is 13.3. The highest BCUT2D eigenvalue weighted by Gasteiger charge is 2.16. The van der Waals surface area contributed by atoms with Crippen molar-refractivity contribution in [2.45, 2.75) is 13.8 Å². The minimum absolute atomic E-state index is 0.194. The van der Waals surface area contributed by atoms with Crippen LogP contribution in [0.4, 0.5) is 15.8 Å². The van der Waals surface area contributed by atoms with Gasteiger partial charge in [0, 0.05) is 25.0 Å². The Labute approximate surface area is 131 Å². The number of pyridine rings is 1. The normalized spacial score (nSPS) is 10.3. The molecule has 0 aliphatic carbocycles. The van der Waals surface area contributed by atoms with E-state index in [1.54, 1.807) is 19.9 Å². The molecule has 0 aliphatic heterocycles. The third kappa shape index (κ3) is 4.03. The summed E-state index contributed by atoms with van der Waals surface area (Å²) in [4.78, 5) is 35.3. The van der Waals surface area contributed by atoms with Gasteiger partial charge in [0.15, 0.2) is 0 Å². The fourth-order valence-electron chi connectivity index (χ4n) is 2.03. The lowest BCUT2D eigenvalue weighted by molar-refractivity contribution is -0.133. The number of benzene rings is 1. The lowest BCUT2D eigenvalue weighted by Crippen LogP contribution is -2.30. The molecule has 23 heavy (non-hydrogen) atoms. The Bertz CT molecular complexity index is 823. The maximum Gasteiger partial charge on any atom is 0.314 e. The van der Waals surface area contributed by atoms with E-state index in [0.29, 0.717) is 16.8 Å². The summed E-state index contributed by atoms with van der Waals surface area (Å²) in [5, 5.41) is 4.75. The largest absolute Gasteiger partial charge is 0.318 e. The van der Waals surface area contributed by atoms with Crippen molar-refractivity contribution in [2.24, 2.45) is 7.05 Å². The first-order valence-corrected chi connectivity index (χ1v) is 6.83. The highest BCUT2D eigenvalue weighted by molar-refractivity contribution is 6.43. The monoisotopic (exact) mass is 317 g/mol. The summed E-state index contributed by atoms with van der Waals surface area (Å²) in [6.07, 6.45) is 1.43. The maximum atomic E-state index is 13.3. The molecule has 1 heterocycles. The molecule has 2 aromatic rings. The van der Waals surface area contributed by atoms with E-state index in [0.717, 1.165) is 6.07 Å². The molecule has 0 unspecified atom stereocenters. The van der Waals surface area contributed by atoms with E-state index in [4.69, 9.17) is 0 Å². The quantitative estimate of drug-likeness (QED) is 0.828. The van der Waals surface area contributed by atoms with Gasteiger partial charge in [0.05, 0.1) is 5.69 Å². The van der Waals surface area contributed by atoms with Crippen molar-refractivity contribution in [1.82, 2.24) is 4.57 Å². The van der Waals surface area contributed by atoms with Crippen LogP contribution < -0.4 is 16.2 Å². The lowest BCUT2D eigenvalue weighted by Gasteiger charge is -2.10. The molecule has 2 rings (SSSR count). The van der Waals surface area contributed by atoms with Crippen molar-refractivity contribution >= 4 is 23.2 Å². The van der Waals surface area contributed by atoms with Crippen LogP contribution in [0.1, 0.15) is 11.1 Å². The van der Waals surface area contributed by atoms with E-state index >= 15 is 0 Å². The van der Waals surface area contributed by atoms with Gasteiger partial charge in [0.1, 0.15) is 5.82 Å². The zero-order chi connectivity index (χ0) is 17.1. The number of halogens is 1. The number of nitrogens with one attached hydrogen (secondary N) is 2. The number of aryl methyl sites for hydroxylation is 3. The first kappa shape index (κ1) is 16.4. The predicted molar refractivity (Wildman–Crippen MR) is 84.8 cm³/mol. The minimum Gasteiger partial charge on any atom is -0.318 e. The summed E-state index contributed by atoms with van der Waals surface area (Å²) in [5.74, 6) is -2.34. The van der Waals surface area contributed by atoms with Crippen LogP contribution in [-0.2, 0) is 16.6 Å². The number of carbonyl (C=O) groups excluding carboxylic acids is 2. The molecule has 0 radical (unpaired) electrons. The zero-order valence-corrected chi connectivity index (χ0v) is 12.9. The van der Waals surface area contributed by atoms with E-state index in [1.165, 1.54) is 29.9 Å². The van der Waals surface area contributed by atoms with E-state index in [9.17, 15) is 18.8 Å². The van der Waals surface area contributed by atoms with Gasteiger partial charge in [0.25, 0.3) is 5.56 Å². The zero-order valence-electron chi connectivity index (χ0n) is 12.9. The number of nitrogens with zero attached hydrogens (tertiary/aromatic N) is 1. The van der Waals surface area contributed by atoms with Crippen molar-refractivity contribution in [3.05, 3.63) is 57.8 Å². The van der Waals surface area contributed by atoms with E-state index in [1.807, 2.05) is 0 Å². The molecule has 0 atom stereocenters. The summed E-state index contributed by atoms with van der Waals surface area (Å²) in [5.41, 5.74) is 1.48. The number of anilines is 2. The van der Waals surface area contributed by atoms with Crippen LogP contribution in [0.5, 0.6) is 0 Å². The molecule has 120 valence electrons. The molecular weight excluding hydrogens is 301 g/mol. The van der Waals surface area contributed by atoms with Gasteiger partial charge in [-0.2, -0.15) is 0 Å². The summed E-state index contributed by atoms with van der Waals surface area (Å²) in [6.45, 7) is 3.32. The van der Waals surface area contributed by atoms with Crippen molar-refractivity contribution in [3.8, 4) is 0 Å². The highest BCUT2D eigenvalue weighted by Crippen LogP contribution is 2.14. The Morgan fingerprint density at radius 3 is 2.35 bits per heavy atom. The van der Waals surface area contributed by atoms with Crippen LogP contribution in [0.2, 0.25) is 0 Å². The molecule has 2 N–H and O–H groups in total. The second-order valence-electron chi connectivity index (χ2n) is 5.24. The van der Waals surface area contributed by atoms with E-state index in [-0.39, 0.29) is 11.2 Å². The first-order chi connectivity index (χ1) is 10.8. The molecule has 2 amide bonds. The number of hydrogen-bond donors (Lipinski definition) is 2. The van der Waals surface area contributed by atoms with Gasteiger partial charge in [-0.15, -0.1) is 0 Å². The fourth-order valence-corrected chi connectivity index (χ4v) is 2.03. The third-order valence-electron chi connectivity index (χ3n) is 3.19.